The van der Waals surface area contributed by atoms with Gasteiger partial charge in [0.15, 0.2) is 5.82 Å². The molecular weight excluding hydrogens is 280 g/mol. The van der Waals surface area contributed by atoms with Crippen molar-refractivity contribution in [3.8, 4) is 5.82 Å². The van der Waals surface area contributed by atoms with Crippen molar-refractivity contribution in [1.82, 2.24) is 20.0 Å². The highest BCUT2D eigenvalue weighted by Gasteiger charge is 2.07. The summed E-state index contributed by atoms with van der Waals surface area (Å²) in [5, 5.41) is 8.23. The van der Waals surface area contributed by atoms with E-state index in [4.69, 9.17) is 0 Å². The van der Waals surface area contributed by atoms with Gasteiger partial charge >= 0.3 is 0 Å². The molecule has 5 heteroatoms. The normalized spacial score (nSPS) is 10.9. The van der Waals surface area contributed by atoms with Gasteiger partial charge in [0.2, 0.25) is 0 Å². The zero-order valence-electron chi connectivity index (χ0n) is 9.13. The van der Waals surface area contributed by atoms with Gasteiger partial charge in [0.05, 0.1) is 5.52 Å². The summed E-state index contributed by atoms with van der Waals surface area (Å²) < 4.78 is 2.74. The quantitative estimate of drug-likeness (QED) is 0.692. The predicted octanol–water partition coefficient (Wildman–Crippen LogP) is 2.89. The van der Waals surface area contributed by atoms with Gasteiger partial charge in [0.1, 0.15) is 5.52 Å². The van der Waals surface area contributed by atoms with Gasteiger partial charge in [0.25, 0.3) is 0 Å². The van der Waals surface area contributed by atoms with E-state index in [0.29, 0.717) is 0 Å². The average Bonchev–Trinajstić information content (AvgIpc) is 2.76. The maximum atomic E-state index is 4.35. The van der Waals surface area contributed by atoms with Crippen molar-refractivity contribution in [2.45, 2.75) is 6.92 Å². The zero-order chi connectivity index (χ0) is 11.8. The van der Waals surface area contributed by atoms with Crippen molar-refractivity contribution in [2.24, 2.45) is 0 Å². The third kappa shape index (κ3) is 1.72. The average molecular weight is 289 g/mol. The van der Waals surface area contributed by atoms with Crippen molar-refractivity contribution in [3.05, 3.63) is 46.6 Å². The van der Waals surface area contributed by atoms with Crippen LogP contribution in [0.1, 0.15) is 5.56 Å². The van der Waals surface area contributed by atoms with Crippen LogP contribution in [0.2, 0.25) is 0 Å². The third-order valence-electron chi connectivity index (χ3n) is 2.60. The van der Waals surface area contributed by atoms with E-state index in [0.717, 1.165) is 26.9 Å². The number of pyridine rings is 1. The molecule has 0 unspecified atom stereocenters. The lowest BCUT2D eigenvalue weighted by Gasteiger charge is -2.03. The van der Waals surface area contributed by atoms with Crippen LogP contribution in [0.5, 0.6) is 0 Å². The van der Waals surface area contributed by atoms with Crippen molar-refractivity contribution in [3.63, 3.8) is 0 Å². The molecule has 4 nitrogen and oxygen atoms in total. The maximum absolute atomic E-state index is 4.35. The fourth-order valence-electron chi connectivity index (χ4n) is 1.68. The lowest BCUT2D eigenvalue weighted by atomic mass is 10.3. The molecule has 0 amide bonds. The molecule has 0 radical (unpaired) electrons. The number of halogens is 1. The van der Waals surface area contributed by atoms with Crippen molar-refractivity contribution >= 4 is 27.0 Å². The van der Waals surface area contributed by atoms with Crippen LogP contribution in [-0.4, -0.2) is 20.0 Å². The first kappa shape index (κ1) is 10.4. The Bertz CT molecular complexity index is 690. The Kier molecular flexibility index (Phi) is 2.40. The van der Waals surface area contributed by atoms with Gasteiger partial charge < -0.3 is 0 Å². The topological polar surface area (TPSA) is 43.6 Å². The molecule has 0 aliphatic heterocycles. The second-order valence-electron chi connectivity index (χ2n) is 3.78. The highest BCUT2D eigenvalue weighted by Crippen LogP contribution is 2.19. The molecular formula is C12H9BrN4. The van der Waals surface area contributed by atoms with E-state index in [1.165, 1.54) is 0 Å². The number of nitrogens with zero attached hydrogens (tertiary/aromatic N) is 4. The SMILES string of the molecule is Cc1cc(-n2nnc3ccccc32)ncc1Br. The van der Waals surface area contributed by atoms with Crippen molar-refractivity contribution in [2.75, 3.05) is 0 Å². The Labute approximate surface area is 106 Å². The van der Waals surface area contributed by atoms with Crippen LogP contribution in [-0.2, 0) is 0 Å². The zero-order valence-corrected chi connectivity index (χ0v) is 10.7. The van der Waals surface area contributed by atoms with Gasteiger partial charge in [0, 0.05) is 10.7 Å². The number of benzene rings is 1. The Morgan fingerprint density at radius 1 is 1.24 bits per heavy atom. The van der Waals surface area contributed by atoms with Crippen LogP contribution >= 0.6 is 15.9 Å². The summed E-state index contributed by atoms with van der Waals surface area (Å²) in [5.74, 6) is 0.777. The largest absolute Gasteiger partial charge is 0.236 e. The van der Waals surface area contributed by atoms with Gasteiger partial charge in [-0.25, -0.2) is 4.98 Å². The summed E-state index contributed by atoms with van der Waals surface area (Å²) in [4.78, 5) is 4.35. The molecule has 2 heterocycles. The highest BCUT2D eigenvalue weighted by molar-refractivity contribution is 9.10. The van der Waals surface area contributed by atoms with E-state index >= 15 is 0 Å². The molecule has 1 aromatic carbocycles. The number of aryl methyl sites for hydroxylation is 1. The molecule has 84 valence electrons. The minimum absolute atomic E-state index is 0.777. The number of rotatable bonds is 1. The van der Waals surface area contributed by atoms with Gasteiger partial charge in [-0.2, -0.15) is 4.68 Å². The summed E-state index contributed by atoms with van der Waals surface area (Å²) in [5.41, 5.74) is 2.95. The smallest absolute Gasteiger partial charge is 0.156 e. The standard InChI is InChI=1S/C12H9BrN4/c1-8-6-12(14-7-9(8)13)17-11-5-3-2-4-10(11)15-16-17/h2-7H,1H3. The molecule has 3 aromatic rings. The highest BCUT2D eigenvalue weighted by atomic mass is 79.9. The Hall–Kier alpha value is -1.75. The second kappa shape index (κ2) is 3.92. The summed E-state index contributed by atoms with van der Waals surface area (Å²) in [7, 11) is 0. The van der Waals surface area contributed by atoms with E-state index in [9.17, 15) is 0 Å². The molecule has 0 fully saturated rings. The van der Waals surface area contributed by atoms with Crippen molar-refractivity contribution in [1.29, 1.82) is 0 Å². The number of hydrogen-bond acceptors (Lipinski definition) is 3. The molecule has 2 aromatic heterocycles. The van der Waals surface area contributed by atoms with E-state index in [1.807, 2.05) is 37.3 Å². The number of para-hydroxylation sites is 1. The Morgan fingerprint density at radius 3 is 2.88 bits per heavy atom. The first-order valence-electron chi connectivity index (χ1n) is 5.18. The first-order valence-corrected chi connectivity index (χ1v) is 5.98. The van der Waals surface area contributed by atoms with Crippen LogP contribution < -0.4 is 0 Å². The summed E-state index contributed by atoms with van der Waals surface area (Å²) >= 11 is 3.43. The molecule has 17 heavy (non-hydrogen) atoms. The van der Waals surface area contributed by atoms with Crippen LogP contribution in [0.3, 0.4) is 0 Å². The third-order valence-corrected chi connectivity index (χ3v) is 3.43. The molecule has 0 saturated carbocycles. The van der Waals surface area contributed by atoms with E-state index < -0.39 is 0 Å². The predicted molar refractivity (Wildman–Crippen MR) is 69.1 cm³/mol. The minimum Gasteiger partial charge on any atom is -0.236 e. The summed E-state index contributed by atoms with van der Waals surface area (Å²) in [6, 6.07) is 9.81. The minimum atomic E-state index is 0.777. The fourth-order valence-corrected chi connectivity index (χ4v) is 1.90. The maximum Gasteiger partial charge on any atom is 0.156 e. The lowest BCUT2D eigenvalue weighted by molar-refractivity contribution is 0.799. The van der Waals surface area contributed by atoms with Gasteiger partial charge in [-0.05, 0) is 46.6 Å². The molecule has 3 rings (SSSR count). The van der Waals surface area contributed by atoms with Gasteiger partial charge in [-0.3, -0.25) is 0 Å². The van der Waals surface area contributed by atoms with E-state index in [2.05, 4.69) is 31.2 Å². The molecule has 0 spiro atoms. The van der Waals surface area contributed by atoms with Crippen LogP contribution in [0.15, 0.2) is 41.0 Å². The van der Waals surface area contributed by atoms with E-state index in [1.54, 1.807) is 10.9 Å². The van der Waals surface area contributed by atoms with Crippen LogP contribution in [0.25, 0.3) is 16.9 Å². The first-order chi connectivity index (χ1) is 8.25. The monoisotopic (exact) mass is 288 g/mol. The lowest BCUT2D eigenvalue weighted by Crippen LogP contribution is -2.00. The molecule has 0 atom stereocenters. The number of hydrogen-bond donors (Lipinski definition) is 0. The van der Waals surface area contributed by atoms with Gasteiger partial charge in [-0.15, -0.1) is 5.10 Å². The molecule has 0 saturated heterocycles. The fraction of sp³-hybridized carbons (Fsp3) is 0.0833. The number of aromatic nitrogens is 4. The Balaban J connectivity index is 2.24. The van der Waals surface area contributed by atoms with E-state index in [-0.39, 0.29) is 0 Å². The number of fused-ring (bicyclic) bond motifs is 1. The second-order valence-corrected chi connectivity index (χ2v) is 4.64. The van der Waals surface area contributed by atoms with Crippen molar-refractivity contribution < 1.29 is 0 Å². The van der Waals surface area contributed by atoms with Crippen LogP contribution in [0.4, 0.5) is 0 Å². The Morgan fingerprint density at radius 2 is 2.06 bits per heavy atom. The molecule has 0 bridgehead atoms. The van der Waals surface area contributed by atoms with Gasteiger partial charge in [-0.1, -0.05) is 17.3 Å². The molecule has 0 aliphatic rings. The van der Waals surface area contributed by atoms with Crippen LogP contribution in [0, 0.1) is 6.92 Å². The summed E-state index contributed by atoms with van der Waals surface area (Å²) in [6.07, 6.45) is 1.78. The molecule has 0 aliphatic carbocycles. The molecule has 0 N–H and O–H groups in total. The summed E-state index contributed by atoms with van der Waals surface area (Å²) in [6.45, 7) is 2.02.